The van der Waals surface area contributed by atoms with Crippen molar-refractivity contribution < 1.29 is 9.53 Å². The summed E-state index contributed by atoms with van der Waals surface area (Å²) in [6.45, 7) is 4.41. The van der Waals surface area contributed by atoms with E-state index >= 15 is 0 Å². The Morgan fingerprint density at radius 1 is 1.30 bits per heavy atom. The van der Waals surface area contributed by atoms with Crippen molar-refractivity contribution in [2.24, 2.45) is 0 Å². The van der Waals surface area contributed by atoms with E-state index in [9.17, 15) is 4.79 Å². The number of nitrogens with one attached hydrogen (secondary N) is 1. The highest BCUT2D eigenvalue weighted by Gasteiger charge is 2.08. The summed E-state index contributed by atoms with van der Waals surface area (Å²) in [5, 5.41) is 3.04. The van der Waals surface area contributed by atoms with Crippen LogP contribution < -0.4 is 10.1 Å². The molecule has 0 aliphatic rings. The fraction of sp³-hybridized carbons (Fsp3) is 0.562. The molecule has 20 heavy (non-hydrogen) atoms. The summed E-state index contributed by atoms with van der Waals surface area (Å²) >= 11 is 0. The molecule has 4 nitrogen and oxygen atoms in total. The first-order valence-electron chi connectivity index (χ1n) is 7.27. The van der Waals surface area contributed by atoms with Crippen LogP contribution in [0.1, 0.15) is 25.3 Å². The molecule has 112 valence electrons. The van der Waals surface area contributed by atoms with E-state index in [-0.39, 0.29) is 5.91 Å². The Morgan fingerprint density at radius 3 is 2.60 bits per heavy atom. The predicted octanol–water partition coefficient (Wildman–Crippen LogP) is 2.09. The lowest BCUT2D eigenvalue weighted by atomic mass is 10.1. The molecule has 0 fully saturated rings. The summed E-state index contributed by atoms with van der Waals surface area (Å²) in [6.07, 6.45) is 2.33. The molecule has 1 N–H and O–H groups in total. The summed E-state index contributed by atoms with van der Waals surface area (Å²) in [5.74, 6) is 1.08. The predicted molar refractivity (Wildman–Crippen MR) is 82.1 cm³/mol. The zero-order valence-corrected chi connectivity index (χ0v) is 12.8. The van der Waals surface area contributed by atoms with Crippen molar-refractivity contribution in [2.75, 3.05) is 33.8 Å². The Morgan fingerprint density at radius 2 is 2.00 bits per heavy atom. The Bertz CT molecular complexity index is 390. The van der Waals surface area contributed by atoms with Crippen molar-refractivity contribution in [2.45, 2.75) is 26.2 Å². The van der Waals surface area contributed by atoms with E-state index in [2.05, 4.69) is 12.2 Å². The van der Waals surface area contributed by atoms with E-state index in [1.165, 1.54) is 5.56 Å². The number of hydrogen-bond acceptors (Lipinski definition) is 3. The lowest BCUT2D eigenvalue weighted by Gasteiger charge is -2.16. The average Bonchev–Trinajstić information content (AvgIpc) is 2.49. The third-order valence-electron chi connectivity index (χ3n) is 3.15. The van der Waals surface area contributed by atoms with Crippen molar-refractivity contribution in [1.29, 1.82) is 0 Å². The van der Waals surface area contributed by atoms with Gasteiger partial charge in [-0.15, -0.1) is 0 Å². The normalized spacial score (nSPS) is 10.3. The number of benzene rings is 1. The summed E-state index contributed by atoms with van der Waals surface area (Å²) in [6, 6.07) is 8.01. The van der Waals surface area contributed by atoms with Gasteiger partial charge in [-0.05, 0) is 37.6 Å². The number of rotatable bonds is 9. The van der Waals surface area contributed by atoms with Gasteiger partial charge in [-0.1, -0.05) is 19.1 Å². The maximum Gasteiger partial charge on any atom is 0.222 e. The maximum atomic E-state index is 11.9. The number of amides is 1. The quantitative estimate of drug-likeness (QED) is 0.752. The molecule has 4 heteroatoms. The van der Waals surface area contributed by atoms with E-state index < -0.39 is 0 Å². The molecular formula is C16H26N2O2. The third-order valence-corrected chi connectivity index (χ3v) is 3.15. The van der Waals surface area contributed by atoms with Gasteiger partial charge in [0.05, 0.1) is 6.61 Å². The maximum absolute atomic E-state index is 11.9. The molecule has 1 aromatic rings. The van der Waals surface area contributed by atoms with Crippen LogP contribution in [0.15, 0.2) is 24.3 Å². The van der Waals surface area contributed by atoms with Crippen LogP contribution in [0.5, 0.6) is 5.75 Å². The van der Waals surface area contributed by atoms with Crippen molar-refractivity contribution in [3.63, 3.8) is 0 Å². The number of nitrogens with zero attached hydrogens (tertiary/aromatic N) is 1. The Labute approximate surface area is 122 Å². The second-order valence-corrected chi connectivity index (χ2v) is 4.91. The molecule has 1 aromatic carbocycles. The number of ether oxygens (including phenoxy) is 1. The molecule has 0 saturated heterocycles. The van der Waals surface area contributed by atoms with Crippen molar-refractivity contribution in [3.8, 4) is 5.75 Å². The van der Waals surface area contributed by atoms with E-state index in [1.54, 1.807) is 4.90 Å². The van der Waals surface area contributed by atoms with E-state index in [0.717, 1.165) is 38.3 Å². The molecule has 0 unspecified atom stereocenters. The Kier molecular flexibility index (Phi) is 7.73. The van der Waals surface area contributed by atoms with Crippen molar-refractivity contribution >= 4 is 5.91 Å². The molecule has 1 amide bonds. The molecule has 0 radical (unpaired) electrons. The second kappa shape index (κ2) is 9.37. The first-order chi connectivity index (χ1) is 9.67. The Hall–Kier alpha value is -1.55. The smallest absolute Gasteiger partial charge is 0.222 e. The number of aryl methyl sites for hydroxylation is 1. The molecule has 0 aromatic heterocycles. The largest absolute Gasteiger partial charge is 0.494 e. The molecule has 0 bridgehead atoms. The fourth-order valence-corrected chi connectivity index (χ4v) is 1.82. The van der Waals surface area contributed by atoms with Gasteiger partial charge in [0.25, 0.3) is 0 Å². The van der Waals surface area contributed by atoms with Crippen LogP contribution in [0, 0.1) is 0 Å². The number of hydrogen-bond donors (Lipinski definition) is 1. The van der Waals surface area contributed by atoms with Gasteiger partial charge >= 0.3 is 0 Å². The fourth-order valence-electron chi connectivity index (χ4n) is 1.82. The van der Waals surface area contributed by atoms with Gasteiger partial charge in [-0.2, -0.15) is 0 Å². The van der Waals surface area contributed by atoms with Gasteiger partial charge in [0.1, 0.15) is 5.75 Å². The zero-order chi connectivity index (χ0) is 14.8. The van der Waals surface area contributed by atoms with Gasteiger partial charge in [-0.25, -0.2) is 0 Å². The van der Waals surface area contributed by atoms with Gasteiger partial charge < -0.3 is 15.0 Å². The van der Waals surface area contributed by atoms with Gasteiger partial charge in [-0.3, -0.25) is 4.79 Å². The van der Waals surface area contributed by atoms with Crippen molar-refractivity contribution in [1.82, 2.24) is 10.2 Å². The summed E-state index contributed by atoms with van der Waals surface area (Å²) in [4.78, 5) is 13.7. The van der Waals surface area contributed by atoms with Crippen LogP contribution >= 0.6 is 0 Å². The highest BCUT2D eigenvalue weighted by atomic mass is 16.5. The molecule has 0 heterocycles. The highest BCUT2D eigenvalue weighted by molar-refractivity contribution is 5.76. The first kappa shape index (κ1) is 16.5. The van der Waals surface area contributed by atoms with Gasteiger partial charge in [0.2, 0.25) is 5.91 Å². The lowest BCUT2D eigenvalue weighted by Crippen LogP contribution is -2.32. The number of carbonyl (C=O) groups is 1. The van der Waals surface area contributed by atoms with Crippen LogP contribution in [-0.4, -0.2) is 44.6 Å². The standard InChI is InChI=1S/C16H26N2O2/c1-4-13-20-15-8-5-14(6-9-15)7-10-16(19)18(3)12-11-17-2/h5-6,8-9,17H,4,7,10-13H2,1-3H3. The van der Waals surface area contributed by atoms with Crippen LogP contribution in [0.4, 0.5) is 0 Å². The molecule has 1 rings (SSSR count). The molecule has 0 aliphatic carbocycles. The number of likely N-dealkylation sites (N-methyl/N-ethyl adjacent to an activating group) is 2. The van der Waals surface area contributed by atoms with Crippen LogP contribution in [-0.2, 0) is 11.2 Å². The van der Waals surface area contributed by atoms with Crippen LogP contribution in [0.25, 0.3) is 0 Å². The minimum absolute atomic E-state index is 0.187. The topological polar surface area (TPSA) is 41.6 Å². The summed E-state index contributed by atoms with van der Waals surface area (Å²) < 4.78 is 5.54. The average molecular weight is 278 g/mol. The summed E-state index contributed by atoms with van der Waals surface area (Å²) in [5.41, 5.74) is 1.17. The molecule has 0 atom stereocenters. The molecule has 0 saturated carbocycles. The monoisotopic (exact) mass is 278 g/mol. The molecular weight excluding hydrogens is 252 g/mol. The number of carbonyl (C=O) groups excluding carboxylic acids is 1. The van der Waals surface area contributed by atoms with Crippen LogP contribution in [0.3, 0.4) is 0 Å². The van der Waals surface area contributed by atoms with Crippen LogP contribution in [0.2, 0.25) is 0 Å². The minimum atomic E-state index is 0.187. The zero-order valence-electron chi connectivity index (χ0n) is 12.8. The second-order valence-electron chi connectivity index (χ2n) is 4.91. The van der Waals surface area contributed by atoms with Crippen molar-refractivity contribution in [3.05, 3.63) is 29.8 Å². The Balaban J connectivity index is 2.35. The van der Waals surface area contributed by atoms with Gasteiger partial charge in [0, 0.05) is 26.6 Å². The molecule has 0 aliphatic heterocycles. The van der Waals surface area contributed by atoms with Gasteiger partial charge in [0.15, 0.2) is 0 Å². The summed E-state index contributed by atoms with van der Waals surface area (Å²) in [7, 11) is 3.74. The minimum Gasteiger partial charge on any atom is -0.494 e. The first-order valence-corrected chi connectivity index (χ1v) is 7.27. The van der Waals surface area contributed by atoms with E-state index in [0.29, 0.717) is 6.42 Å². The third kappa shape index (κ3) is 6.06. The van der Waals surface area contributed by atoms with E-state index in [1.807, 2.05) is 38.4 Å². The highest BCUT2D eigenvalue weighted by Crippen LogP contribution is 2.13. The van der Waals surface area contributed by atoms with E-state index in [4.69, 9.17) is 4.74 Å². The SMILES string of the molecule is CCCOc1ccc(CCC(=O)N(C)CCNC)cc1. The lowest BCUT2D eigenvalue weighted by molar-refractivity contribution is -0.129. The molecule has 0 spiro atoms.